The molecule has 0 aliphatic carbocycles. The zero-order valence-electron chi connectivity index (χ0n) is 10.8. The number of halogens is 1. The van der Waals surface area contributed by atoms with E-state index < -0.39 is 16.0 Å². The zero-order chi connectivity index (χ0) is 14.9. The number of benzene rings is 1. The van der Waals surface area contributed by atoms with Crippen molar-refractivity contribution in [2.24, 2.45) is 0 Å². The molecule has 1 saturated heterocycles. The van der Waals surface area contributed by atoms with E-state index in [0.717, 1.165) is 6.07 Å². The van der Waals surface area contributed by atoms with Crippen molar-refractivity contribution in [3.63, 3.8) is 0 Å². The first-order valence-corrected chi connectivity index (χ1v) is 7.77. The van der Waals surface area contributed by atoms with Gasteiger partial charge in [0.25, 0.3) is 0 Å². The van der Waals surface area contributed by atoms with Crippen LogP contribution in [0.15, 0.2) is 17.0 Å². The number of hydrogen-bond acceptors (Lipinski definition) is 4. The summed E-state index contributed by atoms with van der Waals surface area (Å²) in [7, 11) is -3.73. The summed E-state index contributed by atoms with van der Waals surface area (Å²) in [5.41, 5.74) is 0.204. The molecule has 2 rings (SSSR count). The maximum atomic E-state index is 12.5. The first-order valence-electron chi connectivity index (χ1n) is 5.95. The Balaban J connectivity index is 2.50. The minimum atomic E-state index is -3.73. The maximum Gasteiger partial charge on any atom is 0.337 e. The van der Waals surface area contributed by atoms with E-state index in [1.54, 1.807) is 6.92 Å². The van der Waals surface area contributed by atoms with Gasteiger partial charge < -0.3 is 9.84 Å². The van der Waals surface area contributed by atoms with Gasteiger partial charge in [-0.25, -0.2) is 13.2 Å². The van der Waals surface area contributed by atoms with Gasteiger partial charge in [0.1, 0.15) is 0 Å². The molecule has 1 fully saturated rings. The van der Waals surface area contributed by atoms with E-state index in [2.05, 4.69) is 0 Å². The number of nitrogens with zero attached hydrogens (tertiary/aromatic N) is 1. The van der Waals surface area contributed by atoms with Gasteiger partial charge in [-0.15, -0.1) is 0 Å². The van der Waals surface area contributed by atoms with Gasteiger partial charge in [-0.05, 0) is 24.6 Å². The van der Waals surface area contributed by atoms with Crippen LogP contribution in [0, 0.1) is 6.92 Å². The number of aromatic carboxylic acids is 1. The molecule has 0 spiro atoms. The molecule has 0 amide bonds. The molecule has 0 unspecified atom stereocenters. The van der Waals surface area contributed by atoms with Crippen LogP contribution in [0.4, 0.5) is 0 Å². The summed E-state index contributed by atoms with van der Waals surface area (Å²) in [6.07, 6.45) is 0. The first kappa shape index (κ1) is 15.2. The van der Waals surface area contributed by atoms with Crippen LogP contribution < -0.4 is 0 Å². The van der Waals surface area contributed by atoms with Crippen molar-refractivity contribution in [2.45, 2.75) is 11.8 Å². The first-order chi connectivity index (χ1) is 9.34. The SMILES string of the molecule is Cc1cc(Cl)c(C(=O)O)cc1S(=O)(=O)N1CCOCC1. The molecule has 0 atom stereocenters. The topological polar surface area (TPSA) is 83.9 Å². The van der Waals surface area contributed by atoms with Crippen LogP contribution >= 0.6 is 11.6 Å². The van der Waals surface area contributed by atoms with Crippen molar-refractivity contribution in [3.8, 4) is 0 Å². The van der Waals surface area contributed by atoms with Crippen molar-refractivity contribution >= 4 is 27.6 Å². The molecule has 0 radical (unpaired) electrons. The summed E-state index contributed by atoms with van der Waals surface area (Å²) in [5.74, 6) is -1.26. The normalized spacial score (nSPS) is 17.1. The highest BCUT2D eigenvalue weighted by Gasteiger charge is 2.29. The Morgan fingerprint density at radius 3 is 2.50 bits per heavy atom. The Morgan fingerprint density at radius 2 is 1.95 bits per heavy atom. The van der Waals surface area contributed by atoms with Crippen LogP contribution in [0.1, 0.15) is 15.9 Å². The number of ether oxygens (including phenoxy) is 1. The third-order valence-corrected chi connectivity index (χ3v) is 5.44. The molecular weight excluding hydrogens is 306 g/mol. The lowest BCUT2D eigenvalue weighted by Crippen LogP contribution is -2.40. The van der Waals surface area contributed by atoms with Crippen molar-refractivity contribution < 1.29 is 23.1 Å². The van der Waals surface area contributed by atoms with Gasteiger partial charge in [0.2, 0.25) is 10.0 Å². The monoisotopic (exact) mass is 319 g/mol. The number of carboxylic acid groups (broad SMARTS) is 1. The smallest absolute Gasteiger partial charge is 0.337 e. The zero-order valence-corrected chi connectivity index (χ0v) is 12.4. The van der Waals surface area contributed by atoms with Crippen molar-refractivity contribution in [1.29, 1.82) is 0 Å². The van der Waals surface area contributed by atoms with E-state index in [1.807, 2.05) is 0 Å². The Kier molecular flexibility index (Phi) is 4.33. The van der Waals surface area contributed by atoms with Crippen LogP contribution in [-0.4, -0.2) is 50.1 Å². The quantitative estimate of drug-likeness (QED) is 0.909. The molecule has 110 valence electrons. The minimum absolute atomic E-state index is 0.0240. The van der Waals surface area contributed by atoms with Gasteiger partial charge in [0.05, 0.1) is 28.7 Å². The van der Waals surface area contributed by atoms with Gasteiger partial charge in [0.15, 0.2) is 0 Å². The van der Waals surface area contributed by atoms with Crippen molar-refractivity contribution in [3.05, 3.63) is 28.3 Å². The van der Waals surface area contributed by atoms with Crippen LogP contribution in [0.25, 0.3) is 0 Å². The molecule has 20 heavy (non-hydrogen) atoms. The number of carbonyl (C=O) groups is 1. The minimum Gasteiger partial charge on any atom is -0.478 e. The summed E-state index contributed by atoms with van der Waals surface area (Å²) >= 11 is 5.82. The highest BCUT2D eigenvalue weighted by atomic mass is 35.5. The molecule has 1 aliphatic heterocycles. The summed E-state index contributed by atoms with van der Waals surface area (Å²) in [4.78, 5) is 11.0. The Hall–Kier alpha value is -1.15. The van der Waals surface area contributed by atoms with Crippen molar-refractivity contribution in [1.82, 2.24) is 4.31 Å². The van der Waals surface area contributed by atoms with Gasteiger partial charge in [0, 0.05) is 13.1 Å². The van der Waals surface area contributed by atoms with Crippen molar-refractivity contribution in [2.75, 3.05) is 26.3 Å². The van der Waals surface area contributed by atoms with Crippen LogP contribution in [0.3, 0.4) is 0 Å². The number of carboxylic acids is 1. The lowest BCUT2D eigenvalue weighted by Gasteiger charge is -2.26. The highest BCUT2D eigenvalue weighted by molar-refractivity contribution is 7.89. The lowest BCUT2D eigenvalue weighted by molar-refractivity contribution is 0.0696. The van der Waals surface area contributed by atoms with E-state index in [9.17, 15) is 13.2 Å². The van der Waals surface area contributed by atoms with Gasteiger partial charge in [-0.2, -0.15) is 4.31 Å². The predicted molar refractivity (Wildman–Crippen MR) is 72.7 cm³/mol. The molecule has 0 aromatic heterocycles. The van der Waals surface area contributed by atoms with Crippen LogP contribution in [0.2, 0.25) is 5.02 Å². The van der Waals surface area contributed by atoms with E-state index in [-0.39, 0.29) is 28.6 Å². The van der Waals surface area contributed by atoms with Gasteiger partial charge in [-0.1, -0.05) is 11.6 Å². The molecule has 6 nitrogen and oxygen atoms in total. The Labute approximate surface area is 122 Å². The summed E-state index contributed by atoms with van der Waals surface area (Å²) in [6.45, 7) is 2.76. The molecule has 0 saturated carbocycles. The summed E-state index contributed by atoms with van der Waals surface area (Å²) in [6, 6.07) is 2.48. The van der Waals surface area contributed by atoms with Crippen LogP contribution in [-0.2, 0) is 14.8 Å². The predicted octanol–water partition coefficient (Wildman–Crippen LogP) is 1.37. The molecule has 1 N–H and O–H groups in total. The Bertz CT molecular complexity index is 637. The largest absolute Gasteiger partial charge is 0.478 e. The number of morpholine rings is 1. The molecule has 0 bridgehead atoms. The highest BCUT2D eigenvalue weighted by Crippen LogP contribution is 2.27. The second-order valence-corrected chi connectivity index (χ2v) is 6.73. The van der Waals surface area contributed by atoms with E-state index in [4.69, 9.17) is 21.4 Å². The lowest BCUT2D eigenvalue weighted by atomic mass is 10.1. The number of hydrogen-bond donors (Lipinski definition) is 1. The van der Waals surface area contributed by atoms with E-state index >= 15 is 0 Å². The van der Waals surface area contributed by atoms with Gasteiger partial charge >= 0.3 is 5.97 Å². The number of aryl methyl sites for hydroxylation is 1. The molecule has 1 aromatic rings. The molecule has 1 aliphatic rings. The third kappa shape index (κ3) is 2.80. The second kappa shape index (κ2) is 5.69. The summed E-state index contributed by atoms with van der Waals surface area (Å²) < 4.78 is 31.5. The molecular formula is C12H14ClNO5S. The third-order valence-electron chi connectivity index (χ3n) is 3.08. The fraction of sp³-hybridized carbons (Fsp3) is 0.417. The van der Waals surface area contributed by atoms with E-state index in [1.165, 1.54) is 10.4 Å². The summed E-state index contributed by atoms with van der Waals surface area (Å²) in [5, 5.41) is 9.07. The molecule has 1 aromatic carbocycles. The maximum absolute atomic E-state index is 12.5. The fourth-order valence-electron chi connectivity index (χ4n) is 2.02. The Morgan fingerprint density at radius 1 is 1.35 bits per heavy atom. The average Bonchev–Trinajstić information content (AvgIpc) is 2.39. The second-order valence-electron chi connectivity index (χ2n) is 4.42. The van der Waals surface area contributed by atoms with Crippen LogP contribution in [0.5, 0.6) is 0 Å². The average molecular weight is 320 g/mol. The number of sulfonamides is 1. The van der Waals surface area contributed by atoms with Gasteiger partial charge in [-0.3, -0.25) is 0 Å². The fourth-order valence-corrected chi connectivity index (χ4v) is 3.96. The number of rotatable bonds is 3. The molecule has 1 heterocycles. The standard InChI is InChI=1S/C12H14ClNO5S/c1-8-6-10(13)9(12(15)16)7-11(8)20(17,18)14-2-4-19-5-3-14/h6-7H,2-5H2,1H3,(H,15,16). The van der Waals surface area contributed by atoms with E-state index in [0.29, 0.717) is 18.8 Å². The molecule has 8 heteroatoms.